The van der Waals surface area contributed by atoms with E-state index in [9.17, 15) is 13.2 Å². The van der Waals surface area contributed by atoms with Crippen LogP contribution < -0.4 is 4.72 Å². The molecular weight excluding hydrogens is 254 g/mol. The molecule has 0 aliphatic heterocycles. The van der Waals surface area contributed by atoms with Gasteiger partial charge in [-0.05, 0) is 12.0 Å². The van der Waals surface area contributed by atoms with Crippen molar-refractivity contribution in [3.05, 3.63) is 35.9 Å². The molecule has 1 unspecified atom stereocenters. The normalized spacial score (nSPS) is 13.2. The number of sulfonamides is 1. The molecule has 0 saturated carbocycles. The van der Waals surface area contributed by atoms with E-state index in [1.54, 1.807) is 0 Å². The van der Waals surface area contributed by atoms with Crippen molar-refractivity contribution in [2.75, 3.05) is 5.75 Å². The molecule has 0 aromatic heterocycles. The first kappa shape index (κ1) is 14.7. The third kappa shape index (κ3) is 4.85. The summed E-state index contributed by atoms with van der Waals surface area (Å²) in [7, 11) is -3.57. The van der Waals surface area contributed by atoms with E-state index in [0.717, 1.165) is 5.56 Å². The van der Waals surface area contributed by atoms with Gasteiger partial charge in [-0.2, -0.15) is 0 Å². The molecule has 0 saturated heterocycles. The molecule has 0 spiro atoms. The van der Waals surface area contributed by atoms with E-state index in [1.165, 1.54) is 0 Å². The van der Waals surface area contributed by atoms with E-state index >= 15 is 0 Å². The van der Waals surface area contributed by atoms with Crippen LogP contribution in [0.1, 0.15) is 31.4 Å². The first-order chi connectivity index (χ1) is 8.44. The van der Waals surface area contributed by atoms with Crippen LogP contribution in [0.4, 0.5) is 0 Å². The number of carboxylic acid groups (broad SMARTS) is 1. The predicted octanol–water partition coefficient (Wildman–Crippen LogP) is 1.53. The lowest BCUT2D eigenvalue weighted by Crippen LogP contribution is -2.31. The standard InChI is InChI=1S/C12H17NO4S/c1-2-11(10-6-4-3-5-7-10)13-18(16,17)9-8-12(14)15/h3-7,11,13H,2,8-9H2,1H3,(H,14,15). The minimum Gasteiger partial charge on any atom is -0.481 e. The second-order valence-corrected chi connectivity index (χ2v) is 5.83. The Balaban J connectivity index is 2.72. The van der Waals surface area contributed by atoms with Gasteiger partial charge in [-0.3, -0.25) is 4.79 Å². The van der Waals surface area contributed by atoms with Crippen molar-refractivity contribution in [1.82, 2.24) is 4.72 Å². The monoisotopic (exact) mass is 271 g/mol. The molecule has 0 radical (unpaired) electrons. The maximum atomic E-state index is 11.7. The van der Waals surface area contributed by atoms with E-state index in [0.29, 0.717) is 6.42 Å². The number of rotatable bonds is 7. The summed E-state index contributed by atoms with van der Waals surface area (Å²) in [5.74, 6) is -1.51. The molecule has 1 rings (SSSR count). The molecule has 0 bridgehead atoms. The Kier molecular flexibility index (Phi) is 5.30. The van der Waals surface area contributed by atoms with Crippen molar-refractivity contribution in [3.63, 3.8) is 0 Å². The second-order valence-electron chi connectivity index (χ2n) is 3.95. The van der Waals surface area contributed by atoms with Crippen LogP contribution in [0.3, 0.4) is 0 Å². The summed E-state index contributed by atoms with van der Waals surface area (Å²) in [6.45, 7) is 1.87. The van der Waals surface area contributed by atoms with Crippen molar-refractivity contribution in [2.45, 2.75) is 25.8 Å². The molecule has 1 atom stereocenters. The molecule has 0 amide bonds. The molecule has 1 aromatic rings. The minimum absolute atomic E-state index is 0.315. The van der Waals surface area contributed by atoms with Gasteiger partial charge in [-0.1, -0.05) is 37.3 Å². The van der Waals surface area contributed by atoms with Crippen LogP contribution in [-0.4, -0.2) is 25.2 Å². The molecule has 100 valence electrons. The predicted molar refractivity (Wildman–Crippen MR) is 68.6 cm³/mol. The molecule has 1 aromatic carbocycles. The molecule has 18 heavy (non-hydrogen) atoms. The van der Waals surface area contributed by atoms with Gasteiger partial charge in [0.05, 0.1) is 12.2 Å². The van der Waals surface area contributed by atoms with Gasteiger partial charge < -0.3 is 5.11 Å². The lowest BCUT2D eigenvalue weighted by Gasteiger charge is -2.17. The van der Waals surface area contributed by atoms with Gasteiger partial charge in [-0.15, -0.1) is 0 Å². The van der Waals surface area contributed by atoms with Gasteiger partial charge in [-0.25, -0.2) is 13.1 Å². The average Bonchev–Trinajstić information content (AvgIpc) is 2.35. The van der Waals surface area contributed by atoms with Crippen LogP contribution >= 0.6 is 0 Å². The van der Waals surface area contributed by atoms with Gasteiger partial charge in [0.25, 0.3) is 0 Å². The highest BCUT2D eigenvalue weighted by Gasteiger charge is 2.18. The second kappa shape index (κ2) is 6.51. The smallest absolute Gasteiger partial charge is 0.304 e. The number of carboxylic acids is 1. The lowest BCUT2D eigenvalue weighted by molar-refractivity contribution is -0.136. The van der Waals surface area contributed by atoms with Crippen molar-refractivity contribution >= 4 is 16.0 Å². The molecule has 0 heterocycles. The summed E-state index contributed by atoms with van der Waals surface area (Å²) in [5.41, 5.74) is 0.874. The Morgan fingerprint density at radius 2 is 1.94 bits per heavy atom. The van der Waals surface area contributed by atoms with E-state index in [2.05, 4.69) is 4.72 Å². The van der Waals surface area contributed by atoms with Crippen molar-refractivity contribution < 1.29 is 18.3 Å². The maximum Gasteiger partial charge on any atom is 0.304 e. The van der Waals surface area contributed by atoms with Crippen LogP contribution in [0.25, 0.3) is 0 Å². The van der Waals surface area contributed by atoms with Gasteiger partial charge in [0, 0.05) is 6.04 Å². The Labute approximate surface area is 107 Å². The molecule has 5 nitrogen and oxygen atoms in total. The highest BCUT2D eigenvalue weighted by molar-refractivity contribution is 7.89. The third-order valence-electron chi connectivity index (χ3n) is 2.52. The fraction of sp³-hybridized carbons (Fsp3) is 0.417. The van der Waals surface area contributed by atoms with Crippen molar-refractivity contribution in [3.8, 4) is 0 Å². The van der Waals surface area contributed by atoms with Crippen molar-refractivity contribution in [2.24, 2.45) is 0 Å². The highest BCUT2D eigenvalue weighted by atomic mass is 32.2. The molecule has 0 aliphatic rings. The summed E-state index contributed by atoms with van der Waals surface area (Å²) in [6, 6.07) is 8.90. The molecule has 0 fully saturated rings. The van der Waals surface area contributed by atoms with E-state index in [4.69, 9.17) is 5.11 Å². The SMILES string of the molecule is CCC(NS(=O)(=O)CCC(=O)O)c1ccccc1. The van der Waals surface area contributed by atoms with Crippen LogP contribution in [0, 0.1) is 0 Å². The number of benzene rings is 1. The number of aliphatic carboxylic acids is 1. The highest BCUT2D eigenvalue weighted by Crippen LogP contribution is 2.17. The number of nitrogens with one attached hydrogen (secondary N) is 1. The van der Waals surface area contributed by atoms with E-state index in [1.807, 2.05) is 37.3 Å². The Morgan fingerprint density at radius 1 is 1.33 bits per heavy atom. The van der Waals surface area contributed by atoms with Crippen LogP contribution in [0.5, 0.6) is 0 Å². The molecule has 2 N–H and O–H groups in total. The van der Waals surface area contributed by atoms with Crippen molar-refractivity contribution in [1.29, 1.82) is 0 Å². The van der Waals surface area contributed by atoms with Gasteiger partial charge in [0.2, 0.25) is 10.0 Å². The summed E-state index contributed by atoms with van der Waals surface area (Å²) in [6.07, 6.45) is 0.219. The zero-order valence-corrected chi connectivity index (χ0v) is 11.0. The van der Waals surface area contributed by atoms with E-state index < -0.39 is 21.7 Å². The number of hydrogen-bond donors (Lipinski definition) is 2. The quantitative estimate of drug-likeness (QED) is 0.787. The zero-order valence-electron chi connectivity index (χ0n) is 10.2. The van der Waals surface area contributed by atoms with Crippen LogP contribution in [0.15, 0.2) is 30.3 Å². The number of hydrogen-bond acceptors (Lipinski definition) is 3. The fourth-order valence-electron chi connectivity index (χ4n) is 1.57. The topological polar surface area (TPSA) is 83.5 Å². The number of carbonyl (C=O) groups is 1. The third-order valence-corrected chi connectivity index (χ3v) is 3.90. The maximum absolute atomic E-state index is 11.7. The lowest BCUT2D eigenvalue weighted by atomic mass is 10.1. The first-order valence-corrected chi connectivity index (χ1v) is 7.36. The summed E-state index contributed by atoms with van der Waals surface area (Å²) < 4.78 is 25.9. The van der Waals surface area contributed by atoms with Gasteiger partial charge in [0.15, 0.2) is 0 Å². The summed E-state index contributed by atoms with van der Waals surface area (Å²) in [5, 5.41) is 8.49. The van der Waals surface area contributed by atoms with Gasteiger partial charge >= 0.3 is 5.97 Å². The molecule has 6 heteroatoms. The molecular formula is C12H17NO4S. The average molecular weight is 271 g/mol. The Hall–Kier alpha value is -1.40. The fourth-order valence-corrected chi connectivity index (χ4v) is 2.87. The Bertz CT molecular complexity index is 484. The summed E-state index contributed by atoms with van der Waals surface area (Å²) >= 11 is 0. The van der Waals surface area contributed by atoms with E-state index in [-0.39, 0.29) is 12.5 Å². The minimum atomic E-state index is -3.57. The molecule has 0 aliphatic carbocycles. The zero-order chi connectivity index (χ0) is 13.6. The first-order valence-electron chi connectivity index (χ1n) is 5.71. The van der Waals surface area contributed by atoms with Crippen LogP contribution in [-0.2, 0) is 14.8 Å². The Morgan fingerprint density at radius 3 is 2.44 bits per heavy atom. The van der Waals surface area contributed by atoms with Crippen LogP contribution in [0.2, 0.25) is 0 Å². The van der Waals surface area contributed by atoms with Gasteiger partial charge in [0.1, 0.15) is 0 Å². The summed E-state index contributed by atoms with van der Waals surface area (Å²) in [4.78, 5) is 10.4. The largest absolute Gasteiger partial charge is 0.481 e.